The SMILES string of the molecule is CCCNCc1ccc(Cl)cc1Sc1nnc(C)n1C. The Morgan fingerprint density at radius 3 is 2.80 bits per heavy atom. The van der Waals surface area contributed by atoms with E-state index in [1.54, 1.807) is 11.8 Å². The molecule has 2 aromatic rings. The normalized spacial score (nSPS) is 11.0. The number of nitrogens with zero attached hydrogens (tertiary/aromatic N) is 3. The maximum Gasteiger partial charge on any atom is 0.195 e. The third-order valence-electron chi connectivity index (χ3n) is 3.03. The summed E-state index contributed by atoms with van der Waals surface area (Å²) in [6, 6.07) is 5.98. The van der Waals surface area contributed by atoms with Gasteiger partial charge in [-0.1, -0.05) is 24.6 Å². The highest BCUT2D eigenvalue weighted by atomic mass is 35.5. The van der Waals surface area contributed by atoms with E-state index in [1.807, 2.05) is 30.7 Å². The lowest BCUT2D eigenvalue weighted by molar-refractivity contribution is 0.669. The first-order valence-corrected chi connectivity index (χ1v) is 7.84. The Morgan fingerprint density at radius 1 is 1.35 bits per heavy atom. The Hall–Kier alpha value is -1.04. The Morgan fingerprint density at radius 2 is 2.15 bits per heavy atom. The van der Waals surface area contributed by atoms with Crippen molar-refractivity contribution in [1.82, 2.24) is 20.1 Å². The average molecular weight is 311 g/mol. The summed E-state index contributed by atoms with van der Waals surface area (Å²) in [6.45, 7) is 5.95. The second-order valence-corrected chi connectivity index (χ2v) is 6.07. The van der Waals surface area contributed by atoms with Crippen LogP contribution in [0.4, 0.5) is 0 Å². The molecule has 0 aliphatic heterocycles. The average Bonchev–Trinajstić information content (AvgIpc) is 2.73. The lowest BCUT2D eigenvalue weighted by Crippen LogP contribution is -2.14. The van der Waals surface area contributed by atoms with Crippen LogP contribution in [0.3, 0.4) is 0 Å². The minimum absolute atomic E-state index is 0.741. The van der Waals surface area contributed by atoms with Crippen molar-refractivity contribution in [3.05, 3.63) is 34.6 Å². The molecule has 0 bridgehead atoms. The zero-order valence-electron chi connectivity index (χ0n) is 12.0. The molecule has 0 radical (unpaired) electrons. The van der Waals surface area contributed by atoms with E-state index < -0.39 is 0 Å². The van der Waals surface area contributed by atoms with Crippen molar-refractivity contribution in [1.29, 1.82) is 0 Å². The van der Waals surface area contributed by atoms with E-state index in [0.29, 0.717) is 0 Å². The van der Waals surface area contributed by atoms with Crippen LogP contribution in [0, 0.1) is 6.92 Å². The van der Waals surface area contributed by atoms with Gasteiger partial charge >= 0.3 is 0 Å². The second kappa shape index (κ2) is 7.11. The van der Waals surface area contributed by atoms with Crippen LogP contribution in [-0.2, 0) is 13.6 Å². The molecule has 0 unspecified atom stereocenters. The predicted molar refractivity (Wildman–Crippen MR) is 83.3 cm³/mol. The van der Waals surface area contributed by atoms with E-state index in [-0.39, 0.29) is 0 Å². The minimum Gasteiger partial charge on any atom is -0.313 e. The van der Waals surface area contributed by atoms with E-state index in [4.69, 9.17) is 11.6 Å². The molecule has 108 valence electrons. The summed E-state index contributed by atoms with van der Waals surface area (Å²) < 4.78 is 1.98. The molecule has 4 nitrogen and oxygen atoms in total. The highest BCUT2D eigenvalue weighted by Gasteiger charge is 2.11. The van der Waals surface area contributed by atoms with Crippen molar-refractivity contribution in [2.45, 2.75) is 36.9 Å². The van der Waals surface area contributed by atoms with Gasteiger partial charge in [-0.25, -0.2) is 0 Å². The molecule has 0 saturated heterocycles. The van der Waals surface area contributed by atoms with Crippen molar-refractivity contribution >= 4 is 23.4 Å². The molecule has 1 N–H and O–H groups in total. The third-order valence-corrected chi connectivity index (χ3v) is 4.40. The van der Waals surface area contributed by atoms with E-state index in [0.717, 1.165) is 40.4 Å². The smallest absolute Gasteiger partial charge is 0.195 e. The first kappa shape index (κ1) is 15.4. The number of hydrogen-bond donors (Lipinski definition) is 1. The Balaban J connectivity index is 2.20. The van der Waals surface area contributed by atoms with Gasteiger partial charge in [-0.05, 0) is 49.3 Å². The summed E-state index contributed by atoms with van der Waals surface area (Å²) in [5.41, 5.74) is 1.23. The first-order valence-electron chi connectivity index (χ1n) is 6.64. The fourth-order valence-corrected chi connectivity index (χ4v) is 2.99. The molecule has 0 saturated carbocycles. The standard InChI is InChI=1S/C14H19ClN4S/c1-4-7-16-9-11-5-6-12(15)8-13(11)20-14-18-17-10(2)19(14)3/h5-6,8,16H,4,7,9H2,1-3H3. The van der Waals surface area contributed by atoms with Gasteiger partial charge in [0, 0.05) is 23.5 Å². The third kappa shape index (κ3) is 3.75. The monoisotopic (exact) mass is 310 g/mol. The van der Waals surface area contributed by atoms with Crippen LogP contribution in [0.15, 0.2) is 28.3 Å². The number of benzene rings is 1. The lowest BCUT2D eigenvalue weighted by atomic mass is 10.2. The van der Waals surface area contributed by atoms with Crippen LogP contribution in [-0.4, -0.2) is 21.3 Å². The molecule has 1 aromatic carbocycles. The fraction of sp³-hybridized carbons (Fsp3) is 0.429. The van der Waals surface area contributed by atoms with E-state index in [2.05, 4.69) is 28.5 Å². The summed E-state index contributed by atoms with van der Waals surface area (Å²) in [5, 5.41) is 13.3. The van der Waals surface area contributed by atoms with Crippen LogP contribution in [0.2, 0.25) is 5.02 Å². The quantitative estimate of drug-likeness (QED) is 0.830. The van der Waals surface area contributed by atoms with Gasteiger partial charge in [0.15, 0.2) is 5.16 Å². The highest BCUT2D eigenvalue weighted by molar-refractivity contribution is 7.99. The largest absolute Gasteiger partial charge is 0.313 e. The molecule has 0 spiro atoms. The molecule has 0 aliphatic carbocycles. The molecule has 6 heteroatoms. The van der Waals surface area contributed by atoms with Gasteiger partial charge in [0.1, 0.15) is 5.82 Å². The molecule has 0 atom stereocenters. The molecule has 2 rings (SSSR count). The van der Waals surface area contributed by atoms with Gasteiger partial charge < -0.3 is 9.88 Å². The molecular weight excluding hydrogens is 292 g/mol. The van der Waals surface area contributed by atoms with Crippen molar-refractivity contribution in [2.75, 3.05) is 6.54 Å². The topological polar surface area (TPSA) is 42.7 Å². The number of aryl methyl sites for hydroxylation is 1. The Bertz CT molecular complexity index is 583. The molecule has 0 amide bonds. The van der Waals surface area contributed by atoms with Crippen LogP contribution in [0.25, 0.3) is 0 Å². The zero-order valence-corrected chi connectivity index (χ0v) is 13.6. The summed E-state index contributed by atoms with van der Waals surface area (Å²) in [4.78, 5) is 1.12. The van der Waals surface area contributed by atoms with E-state index >= 15 is 0 Å². The number of nitrogens with one attached hydrogen (secondary N) is 1. The maximum absolute atomic E-state index is 6.11. The molecular formula is C14H19ClN4S. The summed E-state index contributed by atoms with van der Waals surface area (Å²) in [5.74, 6) is 0.903. The molecule has 1 heterocycles. The van der Waals surface area contributed by atoms with Gasteiger partial charge in [0.25, 0.3) is 0 Å². The van der Waals surface area contributed by atoms with E-state index in [1.165, 1.54) is 5.56 Å². The highest BCUT2D eigenvalue weighted by Crippen LogP contribution is 2.31. The van der Waals surface area contributed by atoms with Crippen LogP contribution in [0.1, 0.15) is 24.7 Å². The lowest BCUT2D eigenvalue weighted by Gasteiger charge is -2.10. The minimum atomic E-state index is 0.741. The number of halogens is 1. The van der Waals surface area contributed by atoms with Crippen LogP contribution in [0.5, 0.6) is 0 Å². The Kier molecular flexibility index (Phi) is 5.46. The second-order valence-electron chi connectivity index (χ2n) is 4.62. The first-order chi connectivity index (χ1) is 9.61. The van der Waals surface area contributed by atoms with Crippen molar-refractivity contribution < 1.29 is 0 Å². The van der Waals surface area contributed by atoms with Crippen LogP contribution < -0.4 is 5.32 Å². The number of aromatic nitrogens is 3. The molecule has 1 aromatic heterocycles. The fourth-order valence-electron chi connectivity index (χ4n) is 1.74. The van der Waals surface area contributed by atoms with Crippen molar-refractivity contribution in [2.24, 2.45) is 7.05 Å². The Labute approximate surface area is 128 Å². The summed E-state index contributed by atoms with van der Waals surface area (Å²) in [6.07, 6.45) is 1.12. The van der Waals surface area contributed by atoms with Gasteiger partial charge in [0.05, 0.1) is 0 Å². The van der Waals surface area contributed by atoms with Gasteiger partial charge in [-0.15, -0.1) is 10.2 Å². The predicted octanol–water partition coefficient (Wildman–Crippen LogP) is 3.43. The van der Waals surface area contributed by atoms with Gasteiger partial charge in [-0.2, -0.15) is 0 Å². The van der Waals surface area contributed by atoms with Crippen molar-refractivity contribution in [3.8, 4) is 0 Å². The number of hydrogen-bond acceptors (Lipinski definition) is 4. The number of rotatable bonds is 6. The van der Waals surface area contributed by atoms with Crippen LogP contribution >= 0.6 is 23.4 Å². The van der Waals surface area contributed by atoms with E-state index in [9.17, 15) is 0 Å². The van der Waals surface area contributed by atoms with Crippen molar-refractivity contribution in [3.63, 3.8) is 0 Å². The molecule has 20 heavy (non-hydrogen) atoms. The maximum atomic E-state index is 6.11. The molecule has 0 fully saturated rings. The summed E-state index contributed by atoms with van der Waals surface area (Å²) >= 11 is 7.71. The van der Waals surface area contributed by atoms with Gasteiger partial charge in [0.2, 0.25) is 0 Å². The zero-order chi connectivity index (χ0) is 14.5. The van der Waals surface area contributed by atoms with Gasteiger partial charge in [-0.3, -0.25) is 0 Å². The summed E-state index contributed by atoms with van der Waals surface area (Å²) in [7, 11) is 1.97. The molecule has 0 aliphatic rings.